The smallest absolute Gasteiger partial charge is 0.335 e. The summed E-state index contributed by atoms with van der Waals surface area (Å²) in [5.41, 5.74) is 5.66. The van der Waals surface area contributed by atoms with Crippen LogP contribution in [0, 0.1) is 0 Å². The van der Waals surface area contributed by atoms with Crippen LogP contribution >= 0.6 is 15.9 Å². The summed E-state index contributed by atoms with van der Waals surface area (Å²) in [7, 11) is 0. The number of carboxylic acid groups (broad SMARTS) is 1. The molecule has 0 bridgehead atoms. The van der Waals surface area contributed by atoms with Gasteiger partial charge in [-0.1, -0.05) is 0 Å². The average Bonchev–Trinajstić information content (AvgIpc) is 2.18. The molecule has 5 nitrogen and oxygen atoms in total. The van der Waals surface area contributed by atoms with Gasteiger partial charge in [-0.05, 0) is 48.0 Å². The van der Waals surface area contributed by atoms with Gasteiger partial charge in [0.15, 0.2) is 0 Å². The molecule has 98 valence electrons. The van der Waals surface area contributed by atoms with Gasteiger partial charge in [-0.2, -0.15) is 0 Å². The highest BCUT2D eigenvalue weighted by Gasteiger charge is 2.17. The van der Waals surface area contributed by atoms with Crippen molar-refractivity contribution in [3.63, 3.8) is 0 Å². The molecule has 0 aromatic heterocycles. The number of nitrogens with two attached hydrogens (primary N) is 1. The SMILES string of the molecule is CC(C)(N)CC(=O)Nc1cc(C(=O)O)ccc1Br. The molecular weight excluding hydrogens is 300 g/mol. The fourth-order valence-electron chi connectivity index (χ4n) is 1.36. The molecule has 0 atom stereocenters. The van der Waals surface area contributed by atoms with Crippen molar-refractivity contribution in [2.24, 2.45) is 5.73 Å². The number of hydrogen-bond acceptors (Lipinski definition) is 3. The fourth-order valence-corrected chi connectivity index (χ4v) is 1.71. The van der Waals surface area contributed by atoms with E-state index in [1.54, 1.807) is 19.9 Å². The average molecular weight is 315 g/mol. The summed E-state index contributed by atoms with van der Waals surface area (Å²) in [6.07, 6.45) is 0.150. The number of benzene rings is 1. The Morgan fingerprint density at radius 3 is 2.56 bits per heavy atom. The van der Waals surface area contributed by atoms with Crippen molar-refractivity contribution in [2.45, 2.75) is 25.8 Å². The second kappa shape index (κ2) is 5.49. The summed E-state index contributed by atoms with van der Waals surface area (Å²) >= 11 is 3.25. The van der Waals surface area contributed by atoms with Crippen LogP contribution in [0.25, 0.3) is 0 Å². The first kappa shape index (κ1) is 14.7. The van der Waals surface area contributed by atoms with Crippen LogP contribution in [-0.4, -0.2) is 22.5 Å². The Hall–Kier alpha value is -1.40. The van der Waals surface area contributed by atoms with Crippen LogP contribution in [0.3, 0.4) is 0 Å². The van der Waals surface area contributed by atoms with E-state index >= 15 is 0 Å². The summed E-state index contributed by atoms with van der Waals surface area (Å²) in [5, 5.41) is 11.5. The summed E-state index contributed by atoms with van der Waals surface area (Å²) in [4.78, 5) is 22.5. The van der Waals surface area contributed by atoms with Crippen LogP contribution in [-0.2, 0) is 4.79 Å². The largest absolute Gasteiger partial charge is 0.478 e. The number of carbonyl (C=O) groups is 2. The van der Waals surface area contributed by atoms with Gasteiger partial charge in [0.2, 0.25) is 5.91 Å². The Morgan fingerprint density at radius 2 is 2.06 bits per heavy atom. The molecule has 0 fully saturated rings. The van der Waals surface area contributed by atoms with Crippen LogP contribution in [0.5, 0.6) is 0 Å². The summed E-state index contributed by atoms with van der Waals surface area (Å²) in [5.74, 6) is -1.30. The second-order valence-electron chi connectivity index (χ2n) is 4.71. The van der Waals surface area contributed by atoms with Gasteiger partial charge < -0.3 is 16.2 Å². The maximum atomic E-state index is 11.7. The number of hydrogen-bond donors (Lipinski definition) is 3. The molecule has 1 aromatic rings. The monoisotopic (exact) mass is 314 g/mol. The highest BCUT2D eigenvalue weighted by Crippen LogP contribution is 2.24. The van der Waals surface area contributed by atoms with E-state index in [1.807, 2.05) is 0 Å². The number of rotatable bonds is 4. The molecule has 1 amide bonds. The molecule has 0 aliphatic carbocycles. The number of aromatic carboxylic acids is 1. The lowest BCUT2D eigenvalue weighted by molar-refractivity contribution is -0.117. The molecule has 0 heterocycles. The van der Waals surface area contributed by atoms with Crippen LogP contribution < -0.4 is 11.1 Å². The van der Waals surface area contributed by atoms with Crippen molar-refractivity contribution in [3.05, 3.63) is 28.2 Å². The second-order valence-corrected chi connectivity index (χ2v) is 5.57. The van der Waals surface area contributed by atoms with Crippen LogP contribution in [0.1, 0.15) is 30.6 Å². The van der Waals surface area contributed by atoms with Crippen LogP contribution in [0.2, 0.25) is 0 Å². The van der Waals surface area contributed by atoms with Crippen molar-refractivity contribution in [1.29, 1.82) is 0 Å². The maximum Gasteiger partial charge on any atom is 0.335 e. The topological polar surface area (TPSA) is 92.4 Å². The number of nitrogens with one attached hydrogen (secondary N) is 1. The van der Waals surface area contributed by atoms with E-state index < -0.39 is 11.5 Å². The molecule has 18 heavy (non-hydrogen) atoms. The molecule has 0 saturated carbocycles. The molecule has 4 N–H and O–H groups in total. The molecule has 0 spiro atoms. The number of amides is 1. The lowest BCUT2D eigenvalue weighted by Crippen LogP contribution is -2.36. The molecule has 1 rings (SSSR count). The standard InChI is InChI=1S/C12H15BrN2O3/c1-12(2,14)6-10(16)15-9-5-7(11(17)18)3-4-8(9)13/h3-5H,6,14H2,1-2H3,(H,15,16)(H,17,18). The molecule has 0 unspecified atom stereocenters. The Morgan fingerprint density at radius 1 is 1.44 bits per heavy atom. The maximum absolute atomic E-state index is 11.7. The minimum atomic E-state index is -1.04. The first-order valence-corrected chi connectivity index (χ1v) is 6.10. The normalized spacial score (nSPS) is 11.1. The Balaban J connectivity index is 2.87. The molecule has 0 saturated heterocycles. The van der Waals surface area contributed by atoms with Crippen molar-refractivity contribution in [2.75, 3.05) is 5.32 Å². The third-order valence-electron chi connectivity index (χ3n) is 2.10. The van der Waals surface area contributed by atoms with Crippen LogP contribution in [0.4, 0.5) is 5.69 Å². The lowest BCUT2D eigenvalue weighted by Gasteiger charge is -2.18. The number of carbonyl (C=O) groups excluding carboxylic acids is 1. The molecular formula is C12H15BrN2O3. The van der Waals surface area contributed by atoms with Gasteiger partial charge in [-0.15, -0.1) is 0 Å². The highest BCUT2D eigenvalue weighted by atomic mass is 79.9. The van der Waals surface area contributed by atoms with Gasteiger partial charge in [0.1, 0.15) is 0 Å². The number of anilines is 1. The number of halogens is 1. The van der Waals surface area contributed by atoms with Crippen molar-refractivity contribution in [3.8, 4) is 0 Å². The van der Waals surface area contributed by atoms with Gasteiger partial charge in [0, 0.05) is 16.4 Å². The minimum absolute atomic E-state index is 0.112. The predicted molar refractivity (Wildman–Crippen MR) is 72.6 cm³/mol. The van der Waals surface area contributed by atoms with E-state index in [1.165, 1.54) is 12.1 Å². The molecule has 0 radical (unpaired) electrons. The quantitative estimate of drug-likeness (QED) is 0.794. The van der Waals surface area contributed by atoms with E-state index in [0.717, 1.165) is 0 Å². The van der Waals surface area contributed by atoms with Gasteiger partial charge in [-0.3, -0.25) is 4.79 Å². The molecule has 6 heteroatoms. The third-order valence-corrected chi connectivity index (χ3v) is 2.80. The zero-order chi connectivity index (χ0) is 13.9. The van der Waals surface area contributed by atoms with E-state index in [9.17, 15) is 9.59 Å². The van der Waals surface area contributed by atoms with Crippen LogP contribution in [0.15, 0.2) is 22.7 Å². The fraction of sp³-hybridized carbons (Fsp3) is 0.333. The van der Waals surface area contributed by atoms with Gasteiger partial charge in [0.25, 0.3) is 0 Å². The Kier molecular flexibility index (Phi) is 4.48. The zero-order valence-electron chi connectivity index (χ0n) is 10.2. The van der Waals surface area contributed by atoms with Crippen molar-refractivity contribution >= 4 is 33.5 Å². The Labute approximate surface area is 113 Å². The van der Waals surface area contributed by atoms with E-state index in [2.05, 4.69) is 21.2 Å². The Bertz CT molecular complexity index is 481. The first-order chi connectivity index (χ1) is 8.19. The summed E-state index contributed by atoms with van der Waals surface area (Å²) in [6.45, 7) is 3.49. The van der Waals surface area contributed by atoms with Gasteiger partial charge >= 0.3 is 5.97 Å². The lowest BCUT2D eigenvalue weighted by atomic mass is 10.0. The van der Waals surface area contributed by atoms with Crippen molar-refractivity contribution < 1.29 is 14.7 Å². The minimum Gasteiger partial charge on any atom is -0.478 e. The number of carboxylic acids is 1. The molecule has 0 aliphatic heterocycles. The van der Waals surface area contributed by atoms with E-state index in [-0.39, 0.29) is 17.9 Å². The summed E-state index contributed by atoms with van der Waals surface area (Å²) < 4.78 is 0.621. The summed E-state index contributed by atoms with van der Waals surface area (Å²) in [6, 6.07) is 4.43. The third kappa shape index (κ3) is 4.46. The molecule has 0 aliphatic rings. The van der Waals surface area contributed by atoms with E-state index in [0.29, 0.717) is 10.2 Å². The van der Waals surface area contributed by atoms with Gasteiger partial charge in [-0.25, -0.2) is 4.79 Å². The predicted octanol–water partition coefficient (Wildman–Crippen LogP) is 2.21. The molecule has 1 aromatic carbocycles. The van der Waals surface area contributed by atoms with E-state index in [4.69, 9.17) is 10.8 Å². The first-order valence-electron chi connectivity index (χ1n) is 5.30. The zero-order valence-corrected chi connectivity index (χ0v) is 11.7. The van der Waals surface area contributed by atoms with Crippen molar-refractivity contribution in [1.82, 2.24) is 0 Å². The highest BCUT2D eigenvalue weighted by molar-refractivity contribution is 9.10. The van der Waals surface area contributed by atoms with Gasteiger partial charge in [0.05, 0.1) is 11.3 Å².